The molecule has 3 aromatic rings. The maximum atomic E-state index is 13.8. The van der Waals surface area contributed by atoms with E-state index in [1.165, 1.54) is 12.1 Å². The number of anilines is 2. The number of H-pyrrole nitrogens is 1. The van der Waals surface area contributed by atoms with Crippen LogP contribution in [0.15, 0.2) is 42.6 Å². The molecule has 5 rings (SSSR count). The number of piperidine rings is 1. The Morgan fingerprint density at radius 3 is 2.74 bits per heavy atom. The molecule has 34 heavy (non-hydrogen) atoms. The van der Waals surface area contributed by atoms with Gasteiger partial charge in [-0.1, -0.05) is 6.07 Å². The van der Waals surface area contributed by atoms with Gasteiger partial charge in [-0.25, -0.2) is 9.37 Å². The topological polar surface area (TPSA) is 90.1 Å². The van der Waals surface area contributed by atoms with Gasteiger partial charge < -0.3 is 20.5 Å². The number of aromatic amines is 1. The molecule has 2 aromatic heterocycles. The number of carbonyl (C=O) groups excluding carboxylic acids is 2. The van der Waals surface area contributed by atoms with Crippen molar-refractivity contribution in [3.63, 3.8) is 0 Å². The third kappa shape index (κ3) is 4.07. The molecule has 1 aromatic carbocycles. The van der Waals surface area contributed by atoms with Crippen molar-refractivity contribution >= 4 is 35.0 Å². The fourth-order valence-electron chi connectivity index (χ4n) is 4.76. The molecule has 0 aliphatic carbocycles. The highest BCUT2D eigenvalue weighted by atomic mass is 19.1. The summed E-state index contributed by atoms with van der Waals surface area (Å²) in [6.45, 7) is 5.36. The lowest BCUT2D eigenvalue weighted by Gasteiger charge is -2.33. The molecule has 7 nitrogen and oxygen atoms in total. The Balaban J connectivity index is 1.31. The van der Waals surface area contributed by atoms with Crippen LogP contribution in [0.2, 0.25) is 0 Å². The van der Waals surface area contributed by atoms with Crippen LogP contribution in [-0.4, -0.2) is 40.9 Å². The van der Waals surface area contributed by atoms with E-state index >= 15 is 0 Å². The first-order chi connectivity index (χ1) is 16.4. The van der Waals surface area contributed by atoms with Crippen LogP contribution in [0, 0.1) is 19.7 Å². The second-order valence-corrected chi connectivity index (χ2v) is 8.79. The minimum Gasteiger partial charge on any atom is -0.358 e. The maximum Gasteiger partial charge on any atom is 0.256 e. The summed E-state index contributed by atoms with van der Waals surface area (Å²) >= 11 is 0. The molecular weight excluding hydrogens is 433 g/mol. The molecule has 4 heterocycles. The Bertz CT molecular complexity index is 1290. The summed E-state index contributed by atoms with van der Waals surface area (Å²) in [6, 6.07) is 10.2. The number of aromatic nitrogens is 2. The third-order valence-corrected chi connectivity index (χ3v) is 6.56. The van der Waals surface area contributed by atoms with Gasteiger partial charge in [-0.2, -0.15) is 0 Å². The first-order valence-electron chi connectivity index (χ1n) is 11.4. The molecular formula is C26H26FN5O2. The summed E-state index contributed by atoms with van der Waals surface area (Å²) in [7, 11) is 0. The van der Waals surface area contributed by atoms with Gasteiger partial charge in [-0.3, -0.25) is 9.59 Å². The van der Waals surface area contributed by atoms with Gasteiger partial charge in [-0.05, 0) is 68.7 Å². The fraction of sp³-hybridized carbons (Fsp3) is 0.269. The number of aryl methyl sites for hydroxylation is 1. The molecule has 0 radical (unpaired) electrons. The number of nitrogens with one attached hydrogen (secondary N) is 3. The largest absolute Gasteiger partial charge is 0.358 e. The smallest absolute Gasteiger partial charge is 0.256 e. The lowest BCUT2D eigenvalue weighted by Crippen LogP contribution is -2.45. The number of carbonyl (C=O) groups is 2. The van der Waals surface area contributed by atoms with Gasteiger partial charge >= 0.3 is 0 Å². The summed E-state index contributed by atoms with van der Waals surface area (Å²) < 4.78 is 13.8. The number of amides is 2. The number of fused-ring (bicyclic) bond motifs is 1. The van der Waals surface area contributed by atoms with E-state index in [1.807, 2.05) is 32.0 Å². The minimum absolute atomic E-state index is 0.0819. The Hall–Kier alpha value is -3.94. The number of hydrogen-bond acceptors (Lipinski definition) is 4. The first-order valence-corrected chi connectivity index (χ1v) is 11.4. The molecule has 2 aliphatic heterocycles. The van der Waals surface area contributed by atoms with Crippen molar-refractivity contribution < 1.29 is 14.0 Å². The van der Waals surface area contributed by atoms with E-state index in [4.69, 9.17) is 0 Å². The summed E-state index contributed by atoms with van der Waals surface area (Å²) in [5.41, 5.74) is 4.19. The van der Waals surface area contributed by atoms with Gasteiger partial charge in [0.1, 0.15) is 11.6 Å². The average molecular weight is 460 g/mol. The van der Waals surface area contributed by atoms with Crippen LogP contribution < -0.4 is 15.5 Å². The molecule has 0 atom stereocenters. The van der Waals surface area contributed by atoms with Gasteiger partial charge in [-0.15, -0.1) is 0 Å². The van der Waals surface area contributed by atoms with E-state index < -0.39 is 5.82 Å². The van der Waals surface area contributed by atoms with Crippen molar-refractivity contribution in [3.8, 4) is 0 Å². The molecule has 0 bridgehead atoms. The van der Waals surface area contributed by atoms with Crippen molar-refractivity contribution in [2.45, 2.75) is 32.7 Å². The molecule has 1 saturated heterocycles. The van der Waals surface area contributed by atoms with Crippen LogP contribution in [0.5, 0.6) is 0 Å². The fourth-order valence-corrected chi connectivity index (χ4v) is 4.76. The Kier molecular flexibility index (Phi) is 5.65. The van der Waals surface area contributed by atoms with E-state index in [2.05, 4.69) is 25.5 Å². The Morgan fingerprint density at radius 1 is 1.21 bits per heavy atom. The SMILES string of the molecule is Cc1[nH]c(C=C2C(=O)Nc3ccc(F)cc32)c(C)c1C(=O)NC1CCN(c2ccccn2)CC1. The molecule has 1 fully saturated rings. The summed E-state index contributed by atoms with van der Waals surface area (Å²) in [5, 5.41) is 5.92. The van der Waals surface area contributed by atoms with Crippen molar-refractivity contribution in [2.24, 2.45) is 0 Å². The molecule has 3 N–H and O–H groups in total. The molecule has 0 spiro atoms. The van der Waals surface area contributed by atoms with Crippen molar-refractivity contribution in [2.75, 3.05) is 23.3 Å². The Labute approximate surface area is 197 Å². The second-order valence-electron chi connectivity index (χ2n) is 8.79. The predicted molar refractivity (Wildman–Crippen MR) is 130 cm³/mol. The monoisotopic (exact) mass is 459 g/mol. The lowest BCUT2D eigenvalue weighted by molar-refractivity contribution is -0.110. The second kappa shape index (κ2) is 8.78. The highest BCUT2D eigenvalue weighted by molar-refractivity contribution is 6.34. The van der Waals surface area contributed by atoms with Crippen LogP contribution in [0.25, 0.3) is 11.6 Å². The van der Waals surface area contributed by atoms with Gasteiger partial charge in [0.25, 0.3) is 11.8 Å². The molecule has 2 aliphatic rings. The van der Waals surface area contributed by atoms with Crippen molar-refractivity contribution in [1.82, 2.24) is 15.3 Å². The lowest BCUT2D eigenvalue weighted by atomic mass is 10.0. The maximum absolute atomic E-state index is 13.8. The number of hydrogen-bond donors (Lipinski definition) is 3. The molecule has 174 valence electrons. The predicted octanol–water partition coefficient (Wildman–Crippen LogP) is 4.06. The van der Waals surface area contributed by atoms with E-state index in [9.17, 15) is 14.0 Å². The zero-order valence-electron chi connectivity index (χ0n) is 19.1. The van der Waals surface area contributed by atoms with Crippen LogP contribution in [-0.2, 0) is 4.79 Å². The van der Waals surface area contributed by atoms with Gasteiger partial charge in [0.2, 0.25) is 0 Å². The molecule has 8 heteroatoms. The number of benzene rings is 1. The summed E-state index contributed by atoms with van der Waals surface area (Å²) in [5.74, 6) is 0.127. The number of halogens is 1. The number of pyridine rings is 1. The first kappa shape index (κ1) is 21.9. The van der Waals surface area contributed by atoms with Crippen LogP contribution >= 0.6 is 0 Å². The van der Waals surface area contributed by atoms with Crippen LogP contribution in [0.4, 0.5) is 15.9 Å². The highest BCUT2D eigenvalue weighted by Crippen LogP contribution is 2.34. The molecule has 0 unspecified atom stereocenters. The zero-order chi connectivity index (χ0) is 23.8. The van der Waals surface area contributed by atoms with Crippen LogP contribution in [0.1, 0.15) is 45.7 Å². The number of nitrogens with zero attached hydrogens (tertiary/aromatic N) is 2. The quantitative estimate of drug-likeness (QED) is 0.514. The van der Waals surface area contributed by atoms with Crippen molar-refractivity contribution in [1.29, 1.82) is 0 Å². The minimum atomic E-state index is -0.408. The van der Waals surface area contributed by atoms with E-state index in [0.717, 1.165) is 43.0 Å². The van der Waals surface area contributed by atoms with Gasteiger partial charge in [0.05, 0.1) is 11.1 Å². The molecule has 0 saturated carbocycles. The van der Waals surface area contributed by atoms with E-state index in [1.54, 1.807) is 18.3 Å². The number of rotatable bonds is 4. The highest BCUT2D eigenvalue weighted by Gasteiger charge is 2.27. The zero-order valence-corrected chi connectivity index (χ0v) is 19.1. The van der Waals surface area contributed by atoms with Gasteiger partial charge in [0.15, 0.2) is 0 Å². The summed E-state index contributed by atoms with van der Waals surface area (Å²) in [4.78, 5) is 35.5. The van der Waals surface area contributed by atoms with Gasteiger partial charge in [0, 0.05) is 48.0 Å². The Morgan fingerprint density at radius 2 is 2.00 bits per heavy atom. The average Bonchev–Trinajstić information content (AvgIpc) is 3.29. The van der Waals surface area contributed by atoms with E-state index in [-0.39, 0.29) is 17.9 Å². The third-order valence-electron chi connectivity index (χ3n) is 6.56. The van der Waals surface area contributed by atoms with Crippen LogP contribution in [0.3, 0.4) is 0 Å². The summed E-state index contributed by atoms with van der Waals surface area (Å²) in [6.07, 6.45) is 5.15. The normalized spacial score (nSPS) is 17.1. The van der Waals surface area contributed by atoms with E-state index in [0.29, 0.717) is 28.1 Å². The standard InChI is InChI=1S/C26H26FN5O2/c1-15-22(14-20-19-13-17(27)6-7-21(19)31-25(20)33)29-16(2)24(15)26(34)30-18-8-11-32(12-9-18)23-5-3-4-10-28-23/h3-7,10,13-14,18,29H,8-9,11-12H2,1-2H3,(H,30,34)(H,31,33). The van der Waals surface area contributed by atoms with Crippen molar-refractivity contribution in [3.05, 3.63) is 76.5 Å². The molecule has 2 amide bonds.